The maximum atomic E-state index is 12.5. The summed E-state index contributed by atoms with van der Waals surface area (Å²) in [6, 6.07) is 14.0. The lowest BCUT2D eigenvalue weighted by Crippen LogP contribution is -2.17. The van der Waals surface area contributed by atoms with Gasteiger partial charge in [-0.15, -0.1) is 0 Å². The van der Waals surface area contributed by atoms with Crippen LogP contribution in [0.2, 0.25) is 0 Å². The molecule has 4 heteroatoms. The third kappa shape index (κ3) is 2.40. The lowest BCUT2D eigenvalue weighted by molar-refractivity contribution is -0.355. The van der Waals surface area contributed by atoms with E-state index in [0.717, 1.165) is 5.56 Å². The fraction of sp³-hybridized carbons (Fsp3) is 0.211. The molecule has 0 N–H and O–H groups in total. The molecule has 3 rings (SSSR count). The Hall–Kier alpha value is -2.93. The molecule has 1 aliphatic rings. The van der Waals surface area contributed by atoms with Crippen molar-refractivity contribution in [2.45, 2.75) is 26.2 Å². The van der Waals surface area contributed by atoms with E-state index in [2.05, 4.69) is 20.8 Å². The quantitative estimate of drug-likeness (QED) is 0.596. The Bertz CT molecular complexity index is 879. The molecule has 0 fully saturated rings. The van der Waals surface area contributed by atoms with E-state index in [4.69, 9.17) is 5.26 Å². The first-order valence-electron chi connectivity index (χ1n) is 7.37. The van der Waals surface area contributed by atoms with Gasteiger partial charge in [0.15, 0.2) is 0 Å². The maximum absolute atomic E-state index is 12.5. The van der Waals surface area contributed by atoms with Gasteiger partial charge >= 0.3 is 0 Å². The summed E-state index contributed by atoms with van der Waals surface area (Å²) in [4.78, 5) is 12.5. The van der Waals surface area contributed by atoms with E-state index in [1.807, 2.05) is 18.2 Å². The molecule has 0 unspecified atom stereocenters. The summed E-state index contributed by atoms with van der Waals surface area (Å²) in [5.41, 5.74) is 2.78. The summed E-state index contributed by atoms with van der Waals surface area (Å²) in [5.74, 6) is -0.303. The van der Waals surface area contributed by atoms with Gasteiger partial charge in [0, 0.05) is 6.07 Å². The number of rotatable bonds is 1. The Kier molecular flexibility index (Phi) is 3.30. The third-order valence-corrected chi connectivity index (χ3v) is 4.03. The van der Waals surface area contributed by atoms with Crippen LogP contribution in [0.3, 0.4) is 0 Å². The standard InChI is InChI=1S/C19H16N2O2/c1-19(2,3)14-7-5-13(6-8-14)17-18(22)15-9-4-12(11-20)10-16(15)21(17)23/h4-10H,1-3H3. The highest BCUT2D eigenvalue weighted by atomic mass is 16.5. The molecule has 2 aromatic rings. The van der Waals surface area contributed by atoms with Crippen LogP contribution >= 0.6 is 0 Å². The van der Waals surface area contributed by atoms with Gasteiger partial charge in [-0.05, 0) is 35.2 Å². The highest BCUT2D eigenvalue weighted by Gasteiger charge is 2.36. The van der Waals surface area contributed by atoms with Crippen LogP contribution in [-0.2, 0) is 5.41 Å². The van der Waals surface area contributed by atoms with E-state index in [1.54, 1.807) is 18.2 Å². The monoisotopic (exact) mass is 304 g/mol. The summed E-state index contributed by atoms with van der Waals surface area (Å²) in [6.45, 7) is 6.32. The van der Waals surface area contributed by atoms with Crippen LogP contribution in [0.4, 0.5) is 5.69 Å². The Morgan fingerprint density at radius 2 is 1.74 bits per heavy atom. The van der Waals surface area contributed by atoms with Crippen molar-refractivity contribution in [2.75, 3.05) is 0 Å². The molecule has 1 heterocycles. The topological polar surface area (TPSA) is 66.9 Å². The van der Waals surface area contributed by atoms with Gasteiger partial charge in [-0.3, -0.25) is 4.79 Å². The molecular formula is C19H16N2O2. The smallest absolute Gasteiger partial charge is 0.272 e. The molecular weight excluding hydrogens is 288 g/mol. The second-order valence-corrected chi connectivity index (χ2v) is 6.64. The number of benzene rings is 2. The third-order valence-electron chi connectivity index (χ3n) is 4.03. The minimum Gasteiger partial charge on any atom is -0.618 e. The van der Waals surface area contributed by atoms with Crippen LogP contribution in [-0.4, -0.2) is 16.2 Å². The Balaban J connectivity index is 2.09. The number of carbonyl (C=O) groups excluding carboxylic acids is 1. The SMILES string of the molecule is CC(C)(C)c1ccc(C2=[N+]([O-])c3cc(C#N)ccc3C2=O)cc1. The number of carbonyl (C=O) groups is 1. The number of fused-ring (bicyclic) bond motifs is 1. The molecule has 0 radical (unpaired) electrons. The second-order valence-electron chi connectivity index (χ2n) is 6.64. The van der Waals surface area contributed by atoms with E-state index in [9.17, 15) is 10.0 Å². The molecule has 2 aromatic carbocycles. The average Bonchev–Trinajstić information content (AvgIpc) is 2.77. The van der Waals surface area contributed by atoms with Gasteiger partial charge in [0.05, 0.1) is 17.2 Å². The molecule has 0 aliphatic carbocycles. The normalized spacial score (nSPS) is 13.9. The lowest BCUT2D eigenvalue weighted by Gasteiger charge is -2.18. The van der Waals surface area contributed by atoms with Gasteiger partial charge in [0.25, 0.3) is 11.5 Å². The van der Waals surface area contributed by atoms with Crippen LogP contribution < -0.4 is 0 Å². The Morgan fingerprint density at radius 3 is 2.30 bits per heavy atom. The number of nitriles is 1. The van der Waals surface area contributed by atoms with Gasteiger partial charge < -0.3 is 5.21 Å². The molecule has 1 aliphatic heterocycles. The van der Waals surface area contributed by atoms with Crippen molar-refractivity contribution in [3.63, 3.8) is 0 Å². The Labute approximate surface area is 134 Å². The largest absolute Gasteiger partial charge is 0.618 e. The summed E-state index contributed by atoms with van der Waals surface area (Å²) in [6.07, 6.45) is 0. The predicted molar refractivity (Wildman–Crippen MR) is 88.0 cm³/mol. The first-order chi connectivity index (χ1) is 10.8. The lowest BCUT2D eigenvalue weighted by atomic mass is 9.86. The van der Waals surface area contributed by atoms with Crippen LogP contribution in [0, 0.1) is 16.5 Å². The zero-order valence-corrected chi connectivity index (χ0v) is 13.3. The molecule has 0 atom stereocenters. The number of ketones is 1. The van der Waals surface area contributed by atoms with Crippen molar-refractivity contribution >= 4 is 17.2 Å². The summed E-state index contributed by atoms with van der Waals surface area (Å²) in [5, 5.41) is 21.5. The maximum Gasteiger partial charge on any atom is 0.272 e. The minimum atomic E-state index is -0.303. The van der Waals surface area contributed by atoms with E-state index < -0.39 is 0 Å². The van der Waals surface area contributed by atoms with Gasteiger partial charge in [-0.2, -0.15) is 10.0 Å². The molecule has 0 aromatic heterocycles. The van der Waals surface area contributed by atoms with Gasteiger partial charge in [-0.1, -0.05) is 32.9 Å². The van der Waals surface area contributed by atoms with Crippen LogP contribution in [0.25, 0.3) is 0 Å². The zero-order valence-electron chi connectivity index (χ0n) is 13.3. The fourth-order valence-electron chi connectivity index (χ4n) is 2.68. The van der Waals surface area contributed by atoms with E-state index >= 15 is 0 Å². The first kappa shape index (κ1) is 15.0. The van der Waals surface area contributed by atoms with Gasteiger partial charge in [0.1, 0.15) is 5.56 Å². The van der Waals surface area contributed by atoms with Crippen LogP contribution in [0.1, 0.15) is 47.8 Å². The van der Waals surface area contributed by atoms with E-state index in [1.165, 1.54) is 12.1 Å². The van der Waals surface area contributed by atoms with E-state index in [-0.39, 0.29) is 22.6 Å². The number of hydrogen-bond donors (Lipinski definition) is 0. The van der Waals surface area contributed by atoms with Crippen molar-refractivity contribution in [2.24, 2.45) is 0 Å². The molecule has 4 nitrogen and oxygen atoms in total. The molecule has 0 saturated heterocycles. The molecule has 0 saturated carbocycles. The molecule has 0 amide bonds. The van der Waals surface area contributed by atoms with Crippen molar-refractivity contribution in [3.8, 4) is 6.07 Å². The van der Waals surface area contributed by atoms with Crippen molar-refractivity contribution < 1.29 is 9.53 Å². The van der Waals surface area contributed by atoms with Crippen LogP contribution in [0.5, 0.6) is 0 Å². The number of nitrogens with zero attached hydrogens (tertiary/aromatic N) is 2. The predicted octanol–water partition coefficient (Wildman–Crippen LogP) is 3.68. The molecule has 23 heavy (non-hydrogen) atoms. The molecule has 0 spiro atoms. The Morgan fingerprint density at radius 1 is 1.09 bits per heavy atom. The highest BCUT2D eigenvalue weighted by Crippen LogP contribution is 2.30. The van der Waals surface area contributed by atoms with Crippen molar-refractivity contribution in [1.82, 2.24) is 0 Å². The van der Waals surface area contributed by atoms with Crippen molar-refractivity contribution in [3.05, 3.63) is 69.9 Å². The van der Waals surface area contributed by atoms with Crippen LogP contribution in [0.15, 0.2) is 42.5 Å². The van der Waals surface area contributed by atoms with Gasteiger partial charge in [-0.25, -0.2) is 0 Å². The van der Waals surface area contributed by atoms with Gasteiger partial charge in [0.2, 0.25) is 5.69 Å². The average molecular weight is 304 g/mol. The molecule has 114 valence electrons. The summed E-state index contributed by atoms with van der Waals surface area (Å²) >= 11 is 0. The number of hydrogen-bond acceptors (Lipinski definition) is 3. The second kappa shape index (κ2) is 5.06. The highest BCUT2D eigenvalue weighted by molar-refractivity contribution is 6.52. The van der Waals surface area contributed by atoms with E-state index in [0.29, 0.717) is 21.4 Å². The number of Topliss-reactive ketones (excluding diaryl/α,β-unsaturated/α-hetero) is 1. The zero-order chi connectivity index (χ0) is 16.8. The summed E-state index contributed by atoms with van der Waals surface area (Å²) in [7, 11) is 0. The fourth-order valence-corrected chi connectivity index (χ4v) is 2.68. The summed E-state index contributed by atoms with van der Waals surface area (Å²) < 4.78 is 0.630. The van der Waals surface area contributed by atoms with Crippen molar-refractivity contribution in [1.29, 1.82) is 5.26 Å². The first-order valence-corrected chi connectivity index (χ1v) is 7.37. The minimum absolute atomic E-state index is 0.00466. The molecule has 0 bridgehead atoms.